The van der Waals surface area contributed by atoms with E-state index in [1.165, 1.54) is 25.7 Å². The maximum Gasteiger partial charge on any atom is 0.302 e. The molecule has 0 radical (unpaired) electrons. The van der Waals surface area contributed by atoms with Crippen molar-refractivity contribution in [2.45, 2.75) is 99.5 Å². The first-order chi connectivity index (χ1) is 15.1. The molecule has 0 bridgehead atoms. The molecule has 0 spiro atoms. The normalized spacial score (nSPS) is 40.8. The molecule has 2 saturated carbocycles. The van der Waals surface area contributed by atoms with E-state index in [9.17, 15) is 4.79 Å². The number of esters is 1. The Morgan fingerprint density at radius 2 is 1.81 bits per heavy atom. The number of fused-ring (bicyclic) bond motifs is 5. The van der Waals surface area contributed by atoms with Crippen molar-refractivity contribution in [3.8, 4) is 0 Å². The lowest BCUT2D eigenvalue weighted by atomic mass is 9.48. The van der Waals surface area contributed by atoms with Crippen LogP contribution in [0.15, 0.2) is 35.5 Å². The Morgan fingerprint density at radius 1 is 1.06 bits per heavy atom. The summed E-state index contributed by atoms with van der Waals surface area (Å²) in [5.41, 5.74) is 4.07. The Bertz CT molecular complexity index is 817. The highest BCUT2D eigenvalue weighted by molar-refractivity contribution is 5.66. The van der Waals surface area contributed by atoms with E-state index in [1.807, 2.05) is 0 Å². The summed E-state index contributed by atoms with van der Waals surface area (Å²) in [6.07, 6.45) is 18.6. The first-order valence-corrected chi connectivity index (χ1v) is 13.3. The lowest BCUT2D eigenvalue weighted by Crippen LogP contribution is -2.48. The van der Waals surface area contributed by atoms with Crippen molar-refractivity contribution in [3.63, 3.8) is 0 Å². The summed E-state index contributed by atoms with van der Waals surface area (Å²) < 4.78 is 5.62. The van der Waals surface area contributed by atoms with Crippen LogP contribution in [0.2, 0.25) is 0 Å². The lowest BCUT2D eigenvalue weighted by molar-refractivity contribution is -0.151. The SMILES string of the molecule is CC(=O)O[C@H]1CC[C@@]2(C)[C@@H](CC=C3C4=CC[C@H]([C@H](C)/C=C/[C@@H](C)C(C)C)[C@@]4(C)CC[C@@H]32)C1. The van der Waals surface area contributed by atoms with Gasteiger partial charge in [-0.15, -0.1) is 0 Å². The Morgan fingerprint density at radius 3 is 2.50 bits per heavy atom. The minimum absolute atomic E-state index is 0.118. The Kier molecular flexibility index (Phi) is 6.56. The molecule has 0 heterocycles. The molecule has 0 aromatic carbocycles. The van der Waals surface area contributed by atoms with Gasteiger partial charge in [0.05, 0.1) is 0 Å². The number of carbonyl (C=O) groups excluding carboxylic acids is 1. The molecule has 0 unspecified atom stereocenters. The maximum atomic E-state index is 11.5. The van der Waals surface area contributed by atoms with Crippen molar-refractivity contribution in [1.82, 2.24) is 0 Å². The second kappa shape index (κ2) is 8.80. The second-order valence-electron chi connectivity index (χ2n) is 12.4. The molecule has 4 rings (SSSR count). The van der Waals surface area contributed by atoms with Gasteiger partial charge in [-0.25, -0.2) is 0 Å². The largest absolute Gasteiger partial charge is 0.463 e. The molecular formula is C30H46O2. The van der Waals surface area contributed by atoms with Gasteiger partial charge in [-0.05, 0) is 102 Å². The Hall–Kier alpha value is -1.31. The van der Waals surface area contributed by atoms with E-state index in [0.29, 0.717) is 40.4 Å². The number of rotatable bonds is 5. The van der Waals surface area contributed by atoms with Crippen molar-refractivity contribution in [2.75, 3.05) is 0 Å². The van der Waals surface area contributed by atoms with Crippen LogP contribution >= 0.6 is 0 Å². The third kappa shape index (κ3) is 4.05. The first-order valence-electron chi connectivity index (χ1n) is 13.3. The fourth-order valence-electron chi connectivity index (χ4n) is 7.75. The van der Waals surface area contributed by atoms with E-state index in [1.54, 1.807) is 18.1 Å². The molecule has 2 heteroatoms. The zero-order valence-electron chi connectivity index (χ0n) is 21.6. The predicted octanol–water partition coefficient (Wildman–Crippen LogP) is 7.90. The van der Waals surface area contributed by atoms with E-state index in [2.05, 4.69) is 65.8 Å². The zero-order valence-corrected chi connectivity index (χ0v) is 21.6. The summed E-state index contributed by atoms with van der Waals surface area (Å²) in [5, 5.41) is 0. The van der Waals surface area contributed by atoms with Gasteiger partial charge in [-0.3, -0.25) is 4.79 Å². The highest BCUT2D eigenvalue weighted by Gasteiger charge is 2.55. The quantitative estimate of drug-likeness (QED) is 0.322. The average Bonchev–Trinajstić information content (AvgIpc) is 3.08. The highest BCUT2D eigenvalue weighted by Crippen LogP contribution is 2.65. The van der Waals surface area contributed by atoms with Gasteiger partial charge in [0.1, 0.15) is 6.10 Å². The standard InChI is InChI=1S/C30H46O2/c1-19(2)20(3)8-9-21(4)26-12-13-27-25-11-10-23-18-24(32-22(5)31)14-16-29(23,6)28(25)15-17-30(26,27)7/h8-9,11,13,19-21,23-24,26,28H,10,12,14-18H2,1-7H3/b9-8+/t20-,21-,23+,24+,26-,28+,29+,30-/m1/s1. The van der Waals surface area contributed by atoms with Crippen molar-refractivity contribution < 1.29 is 9.53 Å². The third-order valence-electron chi connectivity index (χ3n) is 10.3. The van der Waals surface area contributed by atoms with Crippen LogP contribution in [-0.2, 0) is 9.53 Å². The van der Waals surface area contributed by atoms with Crippen LogP contribution in [0.25, 0.3) is 0 Å². The smallest absolute Gasteiger partial charge is 0.302 e. The van der Waals surface area contributed by atoms with Crippen LogP contribution in [0.5, 0.6) is 0 Å². The summed E-state index contributed by atoms with van der Waals surface area (Å²) in [5.74, 6) is 3.92. The molecular weight excluding hydrogens is 392 g/mol. The topological polar surface area (TPSA) is 26.3 Å². The van der Waals surface area contributed by atoms with Crippen molar-refractivity contribution in [3.05, 3.63) is 35.5 Å². The molecule has 32 heavy (non-hydrogen) atoms. The monoisotopic (exact) mass is 438 g/mol. The summed E-state index contributed by atoms with van der Waals surface area (Å²) in [6, 6.07) is 0. The van der Waals surface area contributed by atoms with Crippen LogP contribution < -0.4 is 0 Å². The molecule has 0 amide bonds. The van der Waals surface area contributed by atoms with Crippen LogP contribution in [0.4, 0.5) is 0 Å². The number of allylic oxidation sites excluding steroid dienone is 6. The van der Waals surface area contributed by atoms with Gasteiger partial charge in [0.2, 0.25) is 0 Å². The number of carbonyl (C=O) groups is 1. The molecule has 4 aliphatic rings. The highest BCUT2D eigenvalue weighted by atomic mass is 16.5. The third-order valence-corrected chi connectivity index (χ3v) is 10.3. The minimum atomic E-state index is -0.118. The number of ether oxygens (including phenoxy) is 1. The summed E-state index contributed by atoms with van der Waals surface area (Å²) in [7, 11) is 0. The van der Waals surface area contributed by atoms with Gasteiger partial charge in [0.15, 0.2) is 0 Å². The summed E-state index contributed by atoms with van der Waals surface area (Å²) in [6.45, 7) is 16.1. The number of hydrogen-bond acceptors (Lipinski definition) is 2. The molecule has 2 nitrogen and oxygen atoms in total. The summed E-state index contributed by atoms with van der Waals surface area (Å²) >= 11 is 0. The van der Waals surface area contributed by atoms with E-state index in [0.717, 1.165) is 25.2 Å². The Balaban J connectivity index is 1.52. The van der Waals surface area contributed by atoms with E-state index < -0.39 is 0 Å². The molecule has 0 N–H and O–H groups in total. The second-order valence-corrected chi connectivity index (χ2v) is 12.4. The van der Waals surface area contributed by atoms with Gasteiger partial charge >= 0.3 is 5.97 Å². The first kappa shape index (κ1) is 23.8. The van der Waals surface area contributed by atoms with Crippen LogP contribution in [0.1, 0.15) is 93.4 Å². The van der Waals surface area contributed by atoms with Gasteiger partial charge in [0, 0.05) is 6.92 Å². The fraction of sp³-hybridized carbons (Fsp3) is 0.767. The molecule has 8 atom stereocenters. The zero-order chi connectivity index (χ0) is 23.3. The minimum Gasteiger partial charge on any atom is -0.463 e. The van der Waals surface area contributed by atoms with Crippen molar-refractivity contribution in [1.29, 1.82) is 0 Å². The van der Waals surface area contributed by atoms with Gasteiger partial charge < -0.3 is 4.74 Å². The predicted molar refractivity (Wildman–Crippen MR) is 133 cm³/mol. The molecule has 4 aliphatic carbocycles. The van der Waals surface area contributed by atoms with E-state index >= 15 is 0 Å². The molecule has 0 aromatic rings. The van der Waals surface area contributed by atoms with Crippen LogP contribution in [-0.4, -0.2) is 12.1 Å². The molecule has 0 aromatic heterocycles. The van der Waals surface area contributed by atoms with Crippen LogP contribution in [0.3, 0.4) is 0 Å². The lowest BCUT2D eigenvalue weighted by Gasteiger charge is -2.56. The fourth-order valence-corrected chi connectivity index (χ4v) is 7.75. The van der Waals surface area contributed by atoms with Crippen LogP contribution in [0, 0.1) is 46.3 Å². The molecule has 2 fully saturated rings. The van der Waals surface area contributed by atoms with Crippen molar-refractivity contribution >= 4 is 5.97 Å². The molecule has 0 aliphatic heterocycles. The van der Waals surface area contributed by atoms with E-state index in [-0.39, 0.29) is 12.1 Å². The van der Waals surface area contributed by atoms with Gasteiger partial charge in [-0.1, -0.05) is 65.8 Å². The van der Waals surface area contributed by atoms with Crippen molar-refractivity contribution in [2.24, 2.45) is 46.3 Å². The molecule has 178 valence electrons. The average molecular weight is 439 g/mol. The van der Waals surface area contributed by atoms with Gasteiger partial charge in [0.25, 0.3) is 0 Å². The Labute approximate surface area is 197 Å². The number of hydrogen-bond donors (Lipinski definition) is 0. The van der Waals surface area contributed by atoms with E-state index in [4.69, 9.17) is 4.74 Å². The van der Waals surface area contributed by atoms with Gasteiger partial charge in [-0.2, -0.15) is 0 Å². The summed E-state index contributed by atoms with van der Waals surface area (Å²) in [4.78, 5) is 11.5. The molecule has 0 saturated heterocycles. The maximum absolute atomic E-state index is 11.5.